The second-order valence-electron chi connectivity index (χ2n) is 5.42. The van der Waals surface area contributed by atoms with Crippen molar-refractivity contribution in [1.29, 1.82) is 0 Å². The topological polar surface area (TPSA) is 89.8 Å². The Balaban J connectivity index is 1.85. The summed E-state index contributed by atoms with van der Waals surface area (Å²) in [5.41, 5.74) is 0.574. The van der Waals surface area contributed by atoms with E-state index in [0.717, 1.165) is 38.5 Å². The number of aromatic nitrogens is 1. The van der Waals surface area contributed by atoms with Crippen LogP contribution in [0.25, 0.3) is 0 Å². The molecule has 1 aromatic rings. The summed E-state index contributed by atoms with van der Waals surface area (Å²) in [6, 6.07) is 3.67. The SMILES string of the molecule is CC[NH+]1CCN(c2ccc(NC(=O)CCC(=O)[O-])cn2)CC1. The normalized spacial score (nSPS) is 15.6. The van der Waals surface area contributed by atoms with Crippen molar-refractivity contribution in [1.82, 2.24) is 4.98 Å². The molecule has 2 N–H and O–H groups in total. The van der Waals surface area contributed by atoms with Gasteiger partial charge in [0.2, 0.25) is 5.91 Å². The van der Waals surface area contributed by atoms with Gasteiger partial charge in [0.1, 0.15) is 5.82 Å². The lowest BCUT2D eigenvalue weighted by molar-refractivity contribution is -0.898. The predicted octanol–water partition coefficient (Wildman–Crippen LogP) is -1.72. The number of piperazine rings is 1. The average molecular weight is 306 g/mol. The first-order valence-corrected chi connectivity index (χ1v) is 7.62. The van der Waals surface area contributed by atoms with Gasteiger partial charge in [-0.1, -0.05) is 0 Å². The van der Waals surface area contributed by atoms with Gasteiger partial charge in [-0.05, 0) is 25.5 Å². The molecule has 0 aliphatic carbocycles. The van der Waals surface area contributed by atoms with Crippen molar-refractivity contribution in [3.8, 4) is 0 Å². The summed E-state index contributed by atoms with van der Waals surface area (Å²) in [5, 5.41) is 12.9. The van der Waals surface area contributed by atoms with Gasteiger partial charge in [-0.25, -0.2) is 4.98 Å². The lowest BCUT2D eigenvalue weighted by Crippen LogP contribution is -3.14. The van der Waals surface area contributed by atoms with Crippen molar-refractivity contribution < 1.29 is 19.6 Å². The zero-order valence-corrected chi connectivity index (χ0v) is 12.8. The van der Waals surface area contributed by atoms with Crippen molar-refractivity contribution in [2.45, 2.75) is 19.8 Å². The molecule has 1 aromatic heterocycles. The quantitative estimate of drug-likeness (QED) is 0.652. The van der Waals surface area contributed by atoms with E-state index in [1.807, 2.05) is 6.07 Å². The Kier molecular flexibility index (Phi) is 5.71. The maximum absolute atomic E-state index is 11.5. The van der Waals surface area contributed by atoms with Crippen LogP contribution in [0.2, 0.25) is 0 Å². The van der Waals surface area contributed by atoms with Crippen LogP contribution in [0.5, 0.6) is 0 Å². The van der Waals surface area contributed by atoms with Crippen LogP contribution in [-0.4, -0.2) is 49.6 Å². The van der Waals surface area contributed by atoms with E-state index >= 15 is 0 Å². The molecule has 1 aliphatic rings. The first kappa shape index (κ1) is 16.2. The minimum Gasteiger partial charge on any atom is -0.550 e. The largest absolute Gasteiger partial charge is 0.550 e. The number of carbonyl (C=O) groups is 2. The summed E-state index contributed by atoms with van der Waals surface area (Å²) in [6.45, 7) is 7.53. The number of nitrogens with one attached hydrogen (secondary N) is 2. The number of carboxylic acids is 1. The fourth-order valence-electron chi connectivity index (χ4n) is 2.49. The van der Waals surface area contributed by atoms with Gasteiger partial charge in [0.25, 0.3) is 0 Å². The number of carboxylic acid groups (broad SMARTS) is 1. The first-order chi connectivity index (χ1) is 10.6. The third kappa shape index (κ3) is 4.70. The summed E-state index contributed by atoms with van der Waals surface area (Å²) < 4.78 is 0. The molecule has 1 saturated heterocycles. The van der Waals surface area contributed by atoms with Gasteiger partial charge in [-0.3, -0.25) is 4.79 Å². The van der Waals surface area contributed by atoms with E-state index in [-0.39, 0.29) is 18.7 Å². The van der Waals surface area contributed by atoms with Crippen LogP contribution < -0.4 is 20.2 Å². The van der Waals surface area contributed by atoms with E-state index in [1.165, 1.54) is 0 Å². The van der Waals surface area contributed by atoms with E-state index in [1.54, 1.807) is 17.2 Å². The van der Waals surface area contributed by atoms with E-state index < -0.39 is 5.97 Å². The zero-order valence-electron chi connectivity index (χ0n) is 12.8. The van der Waals surface area contributed by atoms with Gasteiger partial charge in [-0.15, -0.1) is 0 Å². The number of anilines is 2. The number of hydrogen-bond acceptors (Lipinski definition) is 5. The molecule has 0 unspecified atom stereocenters. The molecule has 0 saturated carbocycles. The number of likely N-dealkylation sites (N-methyl/N-ethyl adjacent to an activating group) is 1. The Morgan fingerprint density at radius 2 is 2.05 bits per heavy atom. The lowest BCUT2D eigenvalue weighted by atomic mass is 10.3. The molecular weight excluding hydrogens is 284 g/mol. The van der Waals surface area contributed by atoms with Crippen molar-refractivity contribution in [3.05, 3.63) is 18.3 Å². The number of quaternary nitrogens is 1. The molecule has 1 amide bonds. The van der Waals surface area contributed by atoms with Gasteiger partial charge in [-0.2, -0.15) is 0 Å². The van der Waals surface area contributed by atoms with E-state index in [9.17, 15) is 14.7 Å². The maximum atomic E-state index is 11.5. The molecule has 22 heavy (non-hydrogen) atoms. The summed E-state index contributed by atoms with van der Waals surface area (Å²) in [7, 11) is 0. The van der Waals surface area contributed by atoms with Crippen molar-refractivity contribution in [2.75, 3.05) is 42.9 Å². The number of hydrogen-bond donors (Lipinski definition) is 2. The lowest BCUT2D eigenvalue weighted by Gasteiger charge is -2.32. The highest BCUT2D eigenvalue weighted by atomic mass is 16.4. The highest BCUT2D eigenvalue weighted by molar-refractivity contribution is 5.92. The van der Waals surface area contributed by atoms with E-state index in [4.69, 9.17) is 0 Å². The number of carbonyl (C=O) groups excluding carboxylic acids is 2. The van der Waals surface area contributed by atoms with Gasteiger partial charge in [0.05, 0.1) is 44.6 Å². The molecule has 7 nitrogen and oxygen atoms in total. The molecule has 7 heteroatoms. The third-order valence-electron chi connectivity index (χ3n) is 3.88. The summed E-state index contributed by atoms with van der Waals surface area (Å²) in [6.07, 6.45) is 1.23. The number of rotatable bonds is 6. The molecule has 0 bridgehead atoms. The average Bonchev–Trinajstić information content (AvgIpc) is 2.54. The van der Waals surface area contributed by atoms with E-state index in [2.05, 4.69) is 22.1 Å². The van der Waals surface area contributed by atoms with Crippen LogP contribution in [0.15, 0.2) is 18.3 Å². The fraction of sp³-hybridized carbons (Fsp3) is 0.533. The van der Waals surface area contributed by atoms with Crippen LogP contribution in [0, 0.1) is 0 Å². The Morgan fingerprint density at radius 1 is 1.32 bits per heavy atom. The van der Waals surface area contributed by atoms with Crippen LogP contribution >= 0.6 is 0 Å². The molecule has 120 valence electrons. The molecule has 0 spiro atoms. The fourth-order valence-corrected chi connectivity index (χ4v) is 2.49. The smallest absolute Gasteiger partial charge is 0.224 e. The summed E-state index contributed by atoms with van der Waals surface area (Å²) in [5.74, 6) is -0.668. The Bertz CT molecular complexity index is 510. The Hall–Kier alpha value is -2.15. The van der Waals surface area contributed by atoms with Gasteiger partial charge in [0.15, 0.2) is 0 Å². The Labute approximate surface area is 129 Å². The van der Waals surface area contributed by atoms with Crippen molar-refractivity contribution in [2.24, 2.45) is 0 Å². The number of pyridine rings is 1. The minimum absolute atomic E-state index is 0.0914. The van der Waals surface area contributed by atoms with Crippen LogP contribution in [0.3, 0.4) is 0 Å². The minimum atomic E-state index is -1.23. The summed E-state index contributed by atoms with van der Waals surface area (Å²) >= 11 is 0. The van der Waals surface area contributed by atoms with E-state index in [0.29, 0.717) is 5.69 Å². The molecule has 0 atom stereocenters. The molecule has 1 aliphatic heterocycles. The van der Waals surface area contributed by atoms with Crippen molar-refractivity contribution in [3.63, 3.8) is 0 Å². The molecular formula is C15H22N4O3. The molecule has 0 aromatic carbocycles. The molecule has 0 radical (unpaired) electrons. The molecule has 1 fully saturated rings. The van der Waals surface area contributed by atoms with Gasteiger partial charge >= 0.3 is 0 Å². The first-order valence-electron chi connectivity index (χ1n) is 7.62. The number of aliphatic carboxylic acids is 1. The second-order valence-corrected chi connectivity index (χ2v) is 5.42. The van der Waals surface area contributed by atoms with Crippen LogP contribution in [0.1, 0.15) is 19.8 Å². The van der Waals surface area contributed by atoms with Gasteiger partial charge < -0.3 is 25.0 Å². The highest BCUT2D eigenvalue weighted by Gasteiger charge is 2.19. The van der Waals surface area contributed by atoms with Gasteiger partial charge in [0, 0.05) is 12.4 Å². The monoisotopic (exact) mass is 306 g/mol. The maximum Gasteiger partial charge on any atom is 0.224 e. The highest BCUT2D eigenvalue weighted by Crippen LogP contribution is 2.14. The predicted molar refractivity (Wildman–Crippen MR) is 80.6 cm³/mol. The molecule has 2 rings (SSSR count). The zero-order chi connectivity index (χ0) is 15.9. The summed E-state index contributed by atoms with van der Waals surface area (Å²) in [4.78, 5) is 30.1. The number of nitrogens with zero attached hydrogens (tertiary/aromatic N) is 2. The number of amides is 1. The van der Waals surface area contributed by atoms with Crippen LogP contribution in [0.4, 0.5) is 11.5 Å². The standard InChI is InChI=1S/C15H22N4O3/c1-2-18-7-9-19(10-8-18)13-4-3-12(11-16-13)17-14(20)5-6-15(21)22/h3-4,11H,2,5-10H2,1H3,(H,17,20)(H,21,22). The van der Waals surface area contributed by atoms with Crippen LogP contribution in [-0.2, 0) is 9.59 Å². The second kappa shape index (κ2) is 7.74. The molecule has 2 heterocycles. The van der Waals surface area contributed by atoms with Crippen molar-refractivity contribution >= 4 is 23.4 Å². The third-order valence-corrected chi connectivity index (χ3v) is 3.88. The Morgan fingerprint density at radius 3 is 2.59 bits per heavy atom.